The van der Waals surface area contributed by atoms with Crippen molar-refractivity contribution in [2.24, 2.45) is 0 Å². The van der Waals surface area contributed by atoms with Crippen molar-refractivity contribution in [3.8, 4) is 0 Å². The highest BCUT2D eigenvalue weighted by atomic mass is 16.5. The molecule has 7 heteroatoms. The molecule has 1 aliphatic heterocycles. The predicted octanol–water partition coefficient (Wildman–Crippen LogP) is 4.33. The Morgan fingerprint density at radius 3 is 2.38 bits per heavy atom. The summed E-state index contributed by atoms with van der Waals surface area (Å²) in [4.78, 5) is 41.8. The maximum Gasteiger partial charge on any atom is 0.329 e. The molecule has 0 N–H and O–H groups in total. The van der Waals surface area contributed by atoms with Crippen LogP contribution in [0, 0.1) is 0 Å². The van der Waals surface area contributed by atoms with Crippen molar-refractivity contribution in [1.29, 1.82) is 0 Å². The van der Waals surface area contributed by atoms with E-state index in [4.69, 9.17) is 9.47 Å². The molecule has 7 nitrogen and oxygen atoms in total. The molecule has 0 saturated carbocycles. The lowest BCUT2D eigenvalue weighted by Crippen LogP contribution is -2.54. The van der Waals surface area contributed by atoms with Crippen LogP contribution >= 0.6 is 0 Å². The summed E-state index contributed by atoms with van der Waals surface area (Å²) >= 11 is 0. The van der Waals surface area contributed by atoms with Gasteiger partial charge in [0.25, 0.3) is 0 Å². The smallest absolute Gasteiger partial charge is 0.329 e. The third-order valence-corrected chi connectivity index (χ3v) is 5.99. The van der Waals surface area contributed by atoms with Gasteiger partial charge in [-0.1, -0.05) is 67.9 Å². The van der Waals surface area contributed by atoms with Crippen molar-refractivity contribution in [1.82, 2.24) is 9.80 Å². The number of hydrogen-bond acceptors (Lipinski definition) is 5. The Bertz CT molecular complexity index is 963. The van der Waals surface area contributed by atoms with E-state index in [1.54, 1.807) is 9.80 Å². The van der Waals surface area contributed by atoms with E-state index >= 15 is 0 Å². The number of unbranched alkanes of at least 4 members (excludes halogenated alkanes) is 1. The molecule has 1 aliphatic rings. The summed E-state index contributed by atoms with van der Waals surface area (Å²) < 4.78 is 10.8. The minimum Gasteiger partial charge on any atom is -0.466 e. The molecule has 2 amide bonds. The van der Waals surface area contributed by atoms with Crippen molar-refractivity contribution >= 4 is 18.0 Å². The monoisotopic (exact) mass is 466 g/mol. The SMILES string of the molecule is CCCCOC(=O)CCN(CC)C(=O)N1Cc2ccccc2CC1C(=O)OCc1ccccc1. The fraction of sp³-hybridized carbons (Fsp3) is 0.444. The van der Waals surface area contributed by atoms with Gasteiger partial charge < -0.3 is 19.3 Å². The molecule has 0 aromatic heterocycles. The number of rotatable bonds is 10. The molecule has 182 valence electrons. The zero-order valence-electron chi connectivity index (χ0n) is 20.1. The summed E-state index contributed by atoms with van der Waals surface area (Å²) in [7, 11) is 0. The van der Waals surface area contributed by atoms with E-state index in [2.05, 4.69) is 0 Å². The Morgan fingerprint density at radius 1 is 0.971 bits per heavy atom. The normalized spacial score (nSPS) is 14.8. The van der Waals surface area contributed by atoms with Crippen molar-refractivity contribution in [2.75, 3.05) is 19.7 Å². The van der Waals surface area contributed by atoms with Crippen LogP contribution in [-0.4, -0.2) is 53.5 Å². The Hall–Kier alpha value is -3.35. The van der Waals surface area contributed by atoms with Gasteiger partial charge in [0, 0.05) is 26.1 Å². The maximum absolute atomic E-state index is 13.5. The second kappa shape index (κ2) is 12.8. The van der Waals surface area contributed by atoms with E-state index in [-0.39, 0.29) is 31.6 Å². The van der Waals surface area contributed by atoms with E-state index < -0.39 is 12.0 Å². The summed E-state index contributed by atoms with van der Waals surface area (Å²) in [6.45, 7) is 5.42. The molecule has 0 bridgehead atoms. The maximum atomic E-state index is 13.5. The summed E-state index contributed by atoms with van der Waals surface area (Å²) in [6.07, 6.45) is 2.29. The van der Waals surface area contributed by atoms with Gasteiger partial charge in [0.2, 0.25) is 0 Å². The van der Waals surface area contributed by atoms with Crippen LogP contribution in [0.15, 0.2) is 54.6 Å². The average molecular weight is 467 g/mol. The van der Waals surface area contributed by atoms with Crippen LogP contribution in [0.4, 0.5) is 4.79 Å². The summed E-state index contributed by atoms with van der Waals surface area (Å²) in [6, 6.07) is 16.3. The predicted molar refractivity (Wildman–Crippen MR) is 129 cm³/mol. The van der Waals surface area contributed by atoms with Crippen LogP contribution in [0.5, 0.6) is 0 Å². The second-order valence-corrected chi connectivity index (χ2v) is 8.40. The third kappa shape index (κ3) is 6.83. The zero-order valence-corrected chi connectivity index (χ0v) is 20.1. The zero-order chi connectivity index (χ0) is 24.3. The number of benzene rings is 2. The van der Waals surface area contributed by atoms with Gasteiger partial charge in [-0.2, -0.15) is 0 Å². The van der Waals surface area contributed by atoms with Crippen LogP contribution in [0.1, 0.15) is 49.8 Å². The quantitative estimate of drug-likeness (QED) is 0.385. The Morgan fingerprint density at radius 2 is 1.68 bits per heavy atom. The molecule has 3 rings (SSSR count). The van der Waals surface area contributed by atoms with Crippen LogP contribution in [0.2, 0.25) is 0 Å². The number of urea groups is 1. The van der Waals surface area contributed by atoms with E-state index in [1.165, 1.54) is 0 Å². The van der Waals surface area contributed by atoms with Gasteiger partial charge in [0.05, 0.1) is 13.0 Å². The number of ether oxygens (including phenoxy) is 2. The molecule has 1 unspecified atom stereocenters. The molecule has 0 aliphatic carbocycles. The topological polar surface area (TPSA) is 76.2 Å². The number of carbonyl (C=O) groups is 3. The van der Waals surface area contributed by atoms with Crippen LogP contribution in [0.25, 0.3) is 0 Å². The number of fused-ring (bicyclic) bond motifs is 1. The van der Waals surface area contributed by atoms with Crippen LogP contribution in [0.3, 0.4) is 0 Å². The fourth-order valence-electron chi connectivity index (χ4n) is 3.96. The highest BCUT2D eigenvalue weighted by Gasteiger charge is 2.37. The average Bonchev–Trinajstić information content (AvgIpc) is 2.87. The molecule has 2 aromatic rings. The first kappa shape index (κ1) is 25.3. The summed E-state index contributed by atoms with van der Waals surface area (Å²) in [5.74, 6) is -0.746. The van der Waals surface area contributed by atoms with Gasteiger partial charge in [-0.05, 0) is 30.0 Å². The van der Waals surface area contributed by atoms with Crippen molar-refractivity contribution < 1.29 is 23.9 Å². The Kier molecular flexibility index (Phi) is 9.50. The van der Waals surface area contributed by atoms with Gasteiger partial charge in [0.15, 0.2) is 0 Å². The second-order valence-electron chi connectivity index (χ2n) is 8.40. The Balaban J connectivity index is 1.70. The van der Waals surface area contributed by atoms with Crippen LogP contribution < -0.4 is 0 Å². The lowest BCUT2D eigenvalue weighted by Gasteiger charge is -2.38. The molecule has 0 fully saturated rings. The van der Waals surface area contributed by atoms with Gasteiger partial charge in [0.1, 0.15) is 12.6 Å². The highest BCUT2D eigenvalue weighted by molar-refractivity contribution is 5.85. The molecular weight excluding hydrogens is 432 g/mol. The lowest BCUT2D eigenvalue weighted by atomic mass is 9.94. The third-order valence-electron chi connectivity index (χ3n) is 5.99. The minimum atomic E-state index is -0.725. The molecule has 0 saturated heterocycles. The van der Waals surface area contributed by atoms with Gasteiger partial charge in [-0.25, -0.2) is 9.59 Å². The van der Waals surface area contributed by atoms with Gasteiger partial charge >= 0.3 is 18.0 Å². The largest absolute Gasteiger partial charge is 0.466 e. The first-order chi connectivity index (χ1) is 16.5. The number of amides is 2. The Labute approximate surface area is 201 Å². The summed E-state index contributed by atoms with van der Waals surface area (Å²) in [5.41, 5.74) is 2.94. The molecule has 34 heavy (non-hydrogen) atoms. The minimum absolute atomic E-state index is 0.122. The number of hydrogen-bond donors (Lipinski definition) is 0. The molecular formula is C27H34N2O5. The molecule has 0 spiro atoms. The van der Waals surface area contributed by atoms with E-state index in [9.17, 15) is 14.4 Å². The number of carbonyl (C=O) groups excluding carboxylic acids is 3. The van der Waals surface area contributed by atoms with E-state index in [0.717, 1.165) is 29.5 Å². The van der Waals surface area contributed by atoms with Crippen molar-refractivity contribution in [3.05, 3.63) is 71.3 Å². The molecule has 2 aromatic carbocycles. The van der Waals surface area contributed by atoms with Crippen molar-refractivity contribution in [2.45, 2.75) is 58.7 Å². The molecule has 0 radical (unpaired) electrons. The number of esters is 2. The van der Waals surface area contributed by atoms with E-state index in [1.807, 2.05) is 68.4 Å². The molecule has 1 atom stereocenters. The first-order valence-electron chi connectivity index (χ1n) is 12.0. The van der Waals surface area contributed by atoms with Gasteiger partial charge in [-0.15, -0.1) is 0 Å². The lowest BCUT2D eigenvalue weighted by molar-refractivity contribution is -0.151. The van der Waals surface area contributed by atoms with Crippen LogP contribution in [-0.2, 0) is 38.6 Å². The molecule has 1 heterocycles. The van der Waals surface area contributed by atoms with Crippen molar-refractivity contribution in [3.63, 3.8) is 0 Å². The standard InChI is InChI=1S/C27H34N2O5/c1-3-5-17-33-25(30)15-16-28(4-2)27(32)29-19-23-14-10-9-13-22(23)18-24(29)26(31)34-20-21-11-7-6-8-12-21/h6-14,24H,3-5,15-20H2,1-2H3. The summed E-state index contributed by atoms with van der Waals surface area (Å²) in [5, 5.41) is 0. The van der Waals surface area contributed by atoms with Gasteiger partial charge in [-0.3, -0.25) is 4.79 Å². The van der Waals surface area contributed by atoms with E-state index in [0.29, 0.717) is 26.1 Å². The first-order valence-corrected chi connectivity index (χ1v) is 12.0. The number of nitrogens with zero attached hydrogens (tertiary/aromatic N) is 2. The highest BCUT2D eigenvalue weighted by Crippen LogP contribution is 2.25. The fourth-order valence-corrected chi connectivity index (χ4v) is 3.96.